The molecule has 0 fully saturated rings. The van der Waals surface area contributed by atoms with Gasteiger partial charge in [-0.2, -0.15) is 0 Å². The Hall–Kier alpha value is -0.720. The van der Waals surface area contributed by atoms with E-state index in [9.17, 15) is 0 Å². The van der Waals surface area contributed by atoms with Crippen LogP contribution in [0.15, 0.2) is 57.7 Å². The molecule has 0 aliphatic heterocycles. The zero-order valence-corrected chi connectivity index (χ0v) is 15.6. The van der Waals surface area contributed by atoms with E-state index in [-0.39, 0.29) is 0 Å². The molecule has 0 amide bonds. The molecule has 0 saturated heterocycles. The Bertz CT molecular complexity index is 864. The SMILES string of the molecule is Brc1ccc(-c2ccc(-c3ccc(-c4cccs4)s3)s2)s1. The Kier molecular flexibility index (Phi) is 3.85. The Morgan fingerprint density at radius 2 is 1.10 bits per heavy atom. The molecule has 4 aromatic heterocycles. The van der Waals surface area contributed by atoms with Gasteiger partial charge in [0.1, 0.15) is 0 Å². The van der Waals surface area contributed by atoms with Crippen molar-refractivity contribution >= 4 is 61.3 Å². The Labute approximate surface area is 147 Å². The summed E-state index contributed by atoms with van der Waals surface area (Å²) in [7, 11) is 0. The minimum atomic E-state index is 1.18. The minimum Gasteiger partial charge on any atom is -0.143 e. The smallest absolute Gasteiger partial charge is 0.0705 e. The topological polar surface area (TPSA) is 0 Å². The minimum absolute atomic E-state index is 1.18. The van der Waals surface area contributed by atoms with Gasteiger partial charge in [-0.1, -0.05) is 6.07 Å². The molecule has 0 saturated carbocycles. The maximum atomic E-state index is 3.53. The molecule has 5 heteroatoms. The van der Waals surface area contributed by atoms with Crippen molar-refractivity contribution in [1.82, 2.24) is 0 Å². The van der Waals surface area contributed by atoms with Gasteiger partial charge in [-0.05, 0) is 63.8 Å². The average Bonchev–Trinajstić information content (AvgIpc) is 3.25. The van der Waals surface area contributed by atoms with Crippen LogP contribution in [0.25, 0.3) is 29.3 Å². The van der Waals surface area contributed by atoms with E-state index < -0.39 is 0 Å². The molecule has 0 bridgehead atoms. The fourth-order valence-corrected chi connectivity index (χ4v) is 6.48. The lowest BCUT2D eigenvalue weighted by atomic mass is 10.3. The number of hydrogen-bond acceptors (Lipinski definition) is 4. The molecular weight excluding hydrogens is 400 g/mol. The van der Waals surface area contributed by atoms with Crippen molar-refractivity contribution in [2.75, 3.05) is 0 Å². The summed E-state index contributed by atoms with van der Waals surface area (Å²) in [6, 6.07) is 17.5. The molecule has 0 nitrogen and oxygen atoms in total. The second kappa shape index (κ2) is 5.82. The number of halogens is 1. The van der Waals surface area contributed by atoms with Crippen molar-refractivity contribution in [3.63, 3.8) is 0 Å². The van der Waals surface area contributed by atoms with E-state index in [1.807, 2.05) is 22.7 Å². The van der Waals surface area contributed by atoms with Crippen LogP contribution >= 0.6 is 61.3 Å². The van der Waals surface area contributed by atoms with Gasteiger partial charge in [-0.25, -0.2) is 0 Å². The molecule has 0 aromatic carbocycles. The van der Waals surface area contributed by atoms with Crippen LogP contribution in [-0.4, -0.2) is 0 Å². The van der Waals surface area contributed by atoms with Crippen LogP contribution in [0.2, 0.25) is 0 Å². The molecule has 0 radical (unpaired) electrons. The highest BCUT2D eigenvalue weighted by atomic mass is 79.9. The van der Waals surface area contributed by atoms with Crippen LogP contribution in [0.3, 0.4) is 0 Å². The summed E-state index contributed by atoms with van der Waals surface area (Å²) >= 11 is 10.9. The first kappa shape index (κ1) is 13.9. The summed E-state index contributed by atoms with van der Waals surface area (Å²) in [6.45, 7) is 0. The highest BCUT2D eigenvalue weighted by Gasteiger charge is 2.10. The maximum absolute atomic E-state index is 3.53. The average molecular weight is 409 g/mol. The third-order valence-electron chi connectivity index (χ3n) is 3.03. The quantitative estimate of drug-likeness (QED) is 0.325. The summed E-state index contributed by atoms with van der Waals surface area (Å²) in [5, 5.41) is 2.13. The third kappa shape index (κ3) is 2.81. The van der Waals surface area contributed by atoms with Gasteiger partial charge in [0.2, 0.25) is 0 Å². The van der Waals surface area contributed by atoms with Gasteiger partial charge in [0.05, 0.1) is 3.79 Å². The van der Waals surface area contributed by atoms with Crippen LogP contribution in [0.1, 0.15) is 0 Å². The van der Waals surface area contributed by atoms with E-state index >= 15 is 0 Å². The van der Waals surface area contributed by atoms with Gasteiger partial charge in [-0.3, -0.25) is 0 Å². The summed E-state index contributed by atoms with van der Waals surface area (Å²) in [5.74, 6) is 0. The predicted molar refractivity (Wildman–Crippen MR) is 102 cm³/mol. The van der Waals surface area contributed by atoms with Crippen molar-refractivity contribution in [1.29, 1.82) is 0 Å². The standard InChI is InChI=1S/C16H9BrS4/c17-16-8-7-15(21-16)14-6-5-13(20-14)12-4-3-11(19-12)10-2-1-9-18-10/h1-9H. The number of rotatable bonds is 3. The monoisotopic (exact) mass is 408 g/mol. The molecule has 0 N–H and O–H groups in total. The van der Waals surface area contributed by atoms with Gasteiger partial charge in [0, 0.05) is 29.3 Å². The van der Waals surface area contributed by atoms with E-state index in [1.54, 1.807) is 22.7 Å². The van der Waals surface area contributed by atoms with Crippen LogP contribution in [0.4, 0.5) is 0 Å². The molecule has 0 aliphatic carbocycles. The van der Waals surface area contributed by atoms with Crippen molar-refractivity contribution in [2.45, 2.75) is 0 Å². The first-order valence-corrected chi connectivity index (χ1v) is 10.4. The predicted octanol–water partition coefficient (Wildman–Crippen LogP) is 7.70. The van der Waals surface area contributed by atoms with Crippen LogP contribution < -0.4 is 0 Å². The third-order valence-corrected chi connectivity index (χ3v) is 8.29. The zero-order valence-electron chi connectivity index (χ0n) is 10.7. The highest BCUT2D eigenvalue weighted by molar-refractivity contribution is 9.11. The van der Waals surface area contributed by atoms with E-state index in [0.717, 1.165) is 0 Å². The Balaban J connectivity index is 1.67. The van der Waals surface area contributed by atoms with E-state index in [2.05, 4.69) is 69.8 Å². The molecule has 0 aliphatic rings. The molecule has 4 rings (SSSR count). The molecule has 0 spiro atoms. The second-order valence-electron chi connectivity index (χ2n) is 4.41. The molecular formula is C16H9BrS4. The Morgan fingerprint density at radius 3 is 1.57 bits per heavy atom. The lowest BCUT2D eigenvalue weighted by molar-refractivity contribution is 1.89. The van der Waals surface area contributed by atoms with Gasteiger partial charge < -0.3 is 0 Å². The first-order valence-electron chi connectivity index (χ1n) is 6.29. The van der Waals surface area contributed by atoms with Gasteiger partial charge >= 0.3 is 0 Å². The lowest BCUT2D eigenvalue weighted by Crippen LogP contribution is -1.58. The van der Waals surface area contributed by atoms with Crippen LogP contribution in [0.5, 0.6) is 0 Å². The normalized spacial score (nSPS) is 11.1. The van der Waals surface area contributed by atoms with Crippen LogP contribution in [-0.2, 0) is 0 Å². The van der Waals surface area contributed by atoms with Crippen molar-refractivity contribution in [2.24, 2.45) is 0 Å². The fourth-order valence-electron chi connectivity index (χ4n) is 2.07. The number of hydrogen-bond donors (Lipinski definition) is 0. The fraction of sp³-hybridized carbons (Fsp3) is 0. The van der Waals surface area contributed by atoms with E-state index in [0.29, 0.717) is 0 Å². The molecule has 0 atom stereocenters. The van der Waals surface area contributed by atoms with E-state index in [4.69, 9.17) is 0 Å². The van der Waals surface area contributed by atoms with Gasteiger partial charge in [-0.15, -0.1) is 45.3 Å². The number of thiophene rings is 4. The lowest BCUT2D eigenvalue weighted by Gasteiger charge is -1.91. The highest BCUT2D eigenvalue weighted by Crippen LogP contribution is 2.42. The van der Waals surface area contributed by atoms with Crippen molar-refractivity contribution < 1.29 is 0 Å². The maximum Gasteiger partial charge on any atom is 0.0705 e. The first-order chi connectivity index (χ1) is 10.3. The second-order valence-corrected chi connectivity index (χ2v) is 9.99. The molecule has 104 valence electrons. The van der Waals surface area contributed by atoms with E-state index in [1.165, 1.54) is 33.0 Å². The molecule has 4 aromatic rings. The summed E-state index contributed by atoms with van der Waals surface area (Å²) in [6.07, 6.45) is 0. The summed E-state index contributed by atoms with van der Waals surface area (Å²) in [4.78, 5) is 8.08. The summed E-state index contributed by atoms with van der Waals surface area (Å²) in [5.41, 5.74) is 0. The largest absolute Gasteiger partial charge is 0.143 e. The van der Waals surface area contributed by atoms with Gasteiger partial charge in [0.15, 0.2) is 0 Å². The Morgan fingerprint density at radius 1 is 0.571 bits per heavy atom. The summed E-state index contributed by atoms with van der Waals surface area (Å²) < 4.78 is 1.18. The molecule has 21 heavy (non-hydrogen) atoms. The zero-order chi connectivity index (χ0) is 14.2. The molecule has 0 unspecified atom stereocenters. The van der Waals surface area contributed by atoms with Gasteiger partial charge in [0.25, 0.3) is 0 Å². The molecule has 4 heterocycles. The van der Waals surface area contributed by atoms with Crippen molar-refractivity contribution in [3.8, 4) is 29.3 Å². The van der Waals surface area contributed by atoms with Crippen LogP contribution in [0, 0.1) is 0 Å². The van der Waals surface area contributed by atoms with Crippen molar-refractivity contribution in [3.05, 3.63) is 57.7 Å².